The maximum absolute atomic E-state index is 11.7. The van der Waals surface area contributed by atoms with Crippen LogP contribution in [0.4, 0.5) is 0 Å². The van der Waals surface area contributed by atoms with E-state index >= 15 is 0 Å². The zero-order valence-corrected chi connectivity index (χ0v) is 10.9. The van der Waals surface area contributed by atoms with Gasteiger partial charge < -0.3 is 14.8 Å². The molecule has 2 rings (SSSR count). The SMILES string of the molecule is CC[C@@H](C)NC(=O)CCc1ccc2c(c1)OCO2. The molecule has 0 aromatic heterocycles. The number of hydrogen-bond acceptors (Lipinski definition) is 3. The summed E-state index contributed by atoms with van der Waals surface area (Å²) in [6.07, 6.45) is 2.18. The van der Waals surface area contributed by atoms with Gasteiger partial charge in [-0.15, -0.1) is 0 Å². The van der Waals surface area contributed by atoms with E-state index in [2.05, 4.69) is 12.2 Å². The lowest BCUT2D eigenvalue weighted by atomic mass is 10.1. The highest BCUT2D eigenvalue weighted by Crippen LogP contribution is 2.32. The topological polar surface area (TPSA) is 47.6 Å². The first kappa shape index (κ1) is 12.7. The van der Waals surface area contributed by atoms with Crippen molar-refractivity contribution >= 4 is 5.91 Å². The van der Waals surface area contributed by atoms with Crippen molar-refractivity contribution in [3.63, 3.8) is 0 Å². The van der Waals surface area contributed by atoms with Crippen molar-refractivity contribution in [2.45, 2.75) is 39.2 Å². The molecule has 1 aliphatic heterocycles. The minimum Gasteiger partial charge on any atom is -0.454 e. The fourth-order valence-corrected chi connectivity index (χ4v) is 1.80. The maximum Gasteiger partial charge on any atom is 0.231 e. The quantitative estimate of drug-likeness (QED) is 0.870. The summed E-state index contributed by atoms with van der Waals surface area (Å²) < 4.78 is 10.5. The van der Waals surface area contributed by atoms with E-state index in [0.717, 1.165) is 29.9 Å². The van der Waals surface area contributed by atoms with Crippen LogP contribution in [0.15, 0.2) is 18.2 Å². The first-order valence-electron chi connectivity index (χ1n) is 6.37. The van der Waals surface area contributed by atoms with Gasteiger partial charge in [0, 0.05) is 12.5 Å². The zero-order valence-electron chi connectivity index (χ0n) is 10.9. The average Bonchev–Trinajstić information content (AvgIpc) is 2.83. The molecule has 18 heavy (non-hydrogen) atoms. The Morgan fingerprint density at radius 1 is 1.39 bits per heavy atom. The molecule has 98 valence electrons. The number of benzene rings is 1. The summed E-state index contributed by atoms with van der Waals surface area (Å²) in [6.45, 7) is 4.36. The first-order valence-corrected chi connectivity index (χ1v) is 6.37. The van der Waals surface area contributed by atoms with Gasteiger partial charge in [-0.3, -0.25) is 4.79 Å². The van der Waals surface area contributed by atoms with Gasteiger partial charge in [0.15, 0.2) is 11.5 Å². The van der Waals surface area contributed by atoms with Crippen LogP contribution in [0.2, 0.25) is 0 Å². The van der Waals surface area contributed by atoms with Crippen molar-refractivity contribution in [3.8, 4) is 11.5 Å². The van der Waals surface area contributed by atoms with E-state index in [4.69, 9.17) is 9.47 Å². The van der Waals surface area contributed by atoms with Gasteiger partial charge in [-0.25, -0.2) is 0 Å². The lowest BCUT2D eigenvalue weighted by molar-refractivity contribution is -0.121. The molecule has 1 heterocycles. The Hall–Kier alpha value is -1.71. The van der Waals surface area contributed by atoms with Crippen molar-refractivity contribution in [2.24, 2.45) is 0 Å². The Labute approximate surface area is 107 Å². The summed E-state index contributed by atoms with van der Waals surface area (Å²) in [5.41, 5.74) is 1.10. The highest BCUT2D eigenvalue weighted by Gasteiger charge is 2.13. The second-order valence-corrected chi connectivity index (χ2v) is 4.56. The highest BCUT2D eigenvalue weighted by molar-refractivity contribution is 5.76. The fraction of sp³-hybridized carbons (Fsp3) is 0.500. The number of amides is 1. The minimum absolute atomic E-state index is 0.0991. The summed E-state index contributed by atoms with van der Waals surface area (Å²) in [5, 5.41) is 2.96. The number of ether oxygens (including phenoxy) is 2. The minimum atomic E-state index is 0.0991. The summed E-state index contributed by atoms with van der Waals surface area (Å²) in [6, 6.07) is 6.06. The molecule has 4 nitrogen and oxygen atoms in total. The molecule has 4 heteroatoms. The molecule has 0 saturated heterocycles. The molecule has 1 atom stereocenters. The highest BCUT2D eigenvalue weighted by atomic mass is 16.7. The van der Waals surface area contributed by atoms with Crippen molar-refractivity contribution in [2.75, 3.05) is 6.79 Å². The molecule has 1 aromatic rings. The summed E-state index contributed by atoms with van der Waals surface area (Å²) >= 11 is 0. The number of aryl methyl sites for hydroxylation is 1. The van der Waals surface area contributed by atoms with Crippen LogP contribution < -0.4 is 14.8 Å². The number of carbonyl (C=O) groups excluding carboxylic acids is 1. The van der Waals surface area contributed by atoms with Gasteiger partial charge in [-0.2, -0.15) is 0 Å². The molecular formula is C14H19NO3. The van der Waals surface area contributed by atoms with Crippen molar-refractivity contribution in [1.29, 1.82) is 0 Å². The molecule has 0 fully saturated rings. The van der Waals surface area contributed by atoms with E-state index in [-0.39, 0.29) is 18.7 Å². The van der Waals surface area contributed by atoms with E-state index in [9.17, 15) is 4.79 Å². The van der Waals surface area contributed by atoms with Gasteiger partial charge >= 0.3 is 0 Å². The van der Waals surface area contributed by atoms with E-state index in [1.54, 1.807) is 0 Å². The summed E-state index contributed by atoms with van der Waals surface area (Å²) in [4.78, 5) is 11.7. The lowest BCUT2D eigenvalue weighted by Gasteiger charge is -2.11. The predicted molar refractivity (Wildman–Crippen MR) is 68.8 cm³/mol. The van der Waals surface area contributed by atoms with Crippen molar-refractivity contribution in [1.82, 2.24) is 5.32 Å². The number of carbonyl (C=O) groups is 1. The molecule has 1 amide bonds. The van der Waals surface area contributed by atoms with Gasteiger partial charge in [0.1, 0.15) is 0 Å². The third-order valence-electron chi connectivity index (χ3n) is 3.10. The maximum atomic E-state index is 11.7. The van der Waals surface area contributed by atoms with E-state index < -0.39 is 0 Å². The predicted octanol–water partition coefficient (Wildman–Crippen LogP) is 2.26. The molecule has 0 aliphatic carbocycles. The van der Waals surface area contributed by atoms with Crippen LogP contribution in [0.5, 0.6) is 11.5 Å². The summed E-state index contributed by atoms with van der Waals surface area (Å²) in [5.74, 6) is 1.65. The average molecular weight is 249 g/mol. The Morgan fingerprint density at radius 3 is 2.94 bits per heavy atom. The summed E-state index contributed by atoms with van der Waals surface area (Å²) in [7, 11) is 0. The van der Waals surface area contributed by atoms with Crippen molar-refractivity contribution in [3.05, 3.63) is 23.8 Å². The normalized spacial score (nSPS) is 14.3. The van der Waals surface area contributed by atoms with Gasteiger partial charge in [0.2, 0.25) is 12.7 Å². The lowest BCUT2D eigenvalue weighted by Crippen LogP contribution is -2.31. The van der Waals surface area contributed by atoms with Crippen LogP contribution in [0.25, 0.3) is 0 Å². The smallest absolute Gasteiger partial charge is 0.231 e. The number of fused-ring (bicyclic) bond motifs is 1. The third-order valence-corrected chi connectivity index (χ3v) is 3.10. The van der Waals surface area contributed by atoms with E-state index in [1.165, 1.54) is 0 Å². The van der Waals surface area contributed by atoms with Crippen LogP contribution >= 0.6 is 0 Å². The molecule has 1 N–H and O–H groups in total. The molecular weight excluding hydrogens is 230 g/mol. The van der Waals surface area contributed by atoms with E-state index in [1.807, 2.05) is 25.1 Å². The number of nitrogens with one attached hydrogen (secondary N) is 1. The van der Waals surface area contributed by atoms with Gasteiger partial charge in [-0.1, -0.05) is 13.0 Å². The molecule has 0 spiro atoms. The van der Waals surface area contributed by atoms with Gasteiger partial charge in [0.25, 0.3) is 0 Å². The van der Waals surface area contributed by atoms with Crippen LogP contribution in [-0.4, -0.2) is 18.7 Å². The zero-order chi connectivity index (χ0) is 13.0. The van der Waals surface area contributed by atoms with Crippen LogP contribution in [0, 0.1) is 0 Å². The number of rotatable bonds is 5. The van der Waals surface area contributed by atoms with Crippen LogP contribution in [0.1, 0.15) is 32.3 Å². The molecule has 0 unspecified atom stereocenters. The molecule has 0 saturated carbocycles. The van der Waals surface area contributed by atoms with Gasteiger partial charge in [0.05, 0.1) is 0 Å². The van der Waals surface area contributed by atoms with E-state index in [0.29, 0.717) is 6.42 Å². The Bertz CT molecular complexity index is 431. The van der Waals surface area contributed by atoms with Crippen LogP contribution in [-0.2, 0) is 11.2 Å². The Morgan fingerprint density at radius 2 is 2.17 bits per heavy atom. The van der Waals surface area contributed by atoms with Crippen molar-refractivity contribution < 1.29 is 14.3 Å². The molecule has 0 radical (unpaired) electrons. The Balaban J connectivity index is 1.85. The second kappa shape index (κ2) is 5.76. The van der Waals surface area contributed by atoms with Crippen LogP contribution in [0.3, 0.4) is 0 Å². The van der Waals surface area contributed by atoms with Gasteiger partial charge in [-0.05, 0) is 37.5 Å². The molecule has 0 bridgehead atoms. The molecule has 1 aliphatic rings. The number of hydrogen-bond donors (Lipinski definition) is 1. The molecule has 1 aromatic carbocycles. The standard InChI is InChI=1S/C14H19NO3/c1-3-10(2)15-14(16)7-5-11-4-6-12-13(8-11)18-9-17-12/h4,6,8,10H,3,5,7,9H2,1-2H3,(H,15,16)/t10-/m1/s1. The monoisotopic (exact) mass is 249 g/mol. The third kappa shape index (κ3) is 3.15. The first-order chi connectivity index (χ1) is 8.69. The second-order valence-electron chi connectivity index (χ2n) is 4.56. The fourth-order valence-electron chi connectivity index (χ4n) is 1.80. The Kier molecular flexibility index (Phi) is 4.07. The largest absolute Gasteiger partial charge is 0.454 e.